The second kappa shape index (κ2) is 11.0. The fourth-order valence-corrected chi connectivity index (χ4v) is 4.07. The molecule has 8 heteroatoms. The van der Waals surface area contributed by atoms with Gasteiger partial charge in [-0.1, -0.05) is 24.3 Å². The van der Waals surface area contributed by atoms with Crippen LogP contribution < -0.4 is 9.47 Å². The van der Waals surface area contributed by atoms with Gasteiger partial charge in [-0.05, 0) is 59.7 Å². The molecule has 0 radical (unpaired) electrons. The normalized spacial score (nSPS) is 16.9. The molecule has 3 aromatic carbocycles. The zero-order valence-electron chi connectivity index (χ0n) is 19.9. The number of benzene rings is 3. The van der Waals surface area contributed by atoms with Gasteiger partial charge in [-0.3, -0.25) is 9.59 Å². The molecule has 186 valence electrons. The summed E-state index contributed by atoms with van der Waals surface area (Å²) in [5, 5.41) is 11.1. The smallest absolute Gasteiger partial charge is 0.295 e. The van der Waals surface area contributed by atoms with E-state index in [9.17, 15) is 19.1 Å². The minimum atomic E-state index is -0.836. The van der Waals surface area contributed by atoms with Crippen LogP contribution in [0.4, 0.5) is 4.39 Å². The quantitative estimate of drug-likeness (QED) is 0.270. The largest absolute Gasteiger partial charge is 0.507 e. The maximum absolute atomic E-state index is 13.2. The lowest BCUT2D eigenvalue weighted by atomic mass is 9.95. The van der Waals surface area contributed by atoms with Crippen LogP contribution in [0.25, 0.3) is 5.76 Å². The van der Waals surface area contributed by atoms with Crippen molar-refractivity contribution >= 4 is 17.4 Å². The van der Waals surface area contributed by atoms with Crippen molar-refractivity contribution in [2.75, 3.05) is 27.4 Å². The van der Waals surface area contributed by atoms with Crippen LogP contribution in [-0.2, 0) is 20.9 Å². The van der Waals surface area contributed by atoms with Crippen molar-refractivity contribution < 1.29 is 33.3 Å². The lowest BCUT2D eigenvalue weighted by Gasteiger charge is -2.25. The summed E-state index contributed by atoms with van der Waals surface area (Å²) < 4.78 is 29.4. The van der Waals surface area contributed by atoms with Crippen molar-refractivity contribution in [1.29, 1.82) is 0 Å². The Labute approximate surface area is 208 Å². The van der Waals surface area contributed by atoms with Gasteiger partial charge in [0.15, 0.2) is 0 Å². The molecule has 1 aliphatic rings. The number of carbonyl (C=O) groups excluding carboxylic acids is 2. The van der Waals surface area contributed by atoms with Crippen molar-refractivity contribution in [3.05, 3.63) is 101 Å². The number of aliphatic hydroxyl groups excluding tert-OH is 1. The van der Waals surface area contributed by atoms with E-state index < -0.39 is 17.7 Å². The number of methoxy groups -OCH3 is 2. The van der Waals surface area contributed by atoms with Gasteiger partial charge in [-0.15, -0.1) is 0 Å². The fourth-order valence-electron chi connectivity index (χ4n) is 4.07. The SMILES string of the molecule is COCCN1C(=O)C(=O)/C(=C(\O)c2ccc(OC)cc2)C1c1cccc(OCc2ccc(F)cc2)c1. The molecule has 1 N–H and O–H groups in total. The Balaban J connectivity index is 1.71. The zero-order valence-corrected chi connectivity index (χ0v) is 19.9. The van der Waals surface area contributed by atoms with Crippen LogP contribution in [0.15, 0.2) is 78.4 Å². The van der Waals surface area contributed by atoms with Crippen LogP contribution in [0.3, 0.4) is 0 Å². The van der Waals surface area contributed by atoms with Crippen LogP contribution in [0.2, 0.25) is 0 Å². The van der Waals surface area contributed by atoms with E-state index in [0.717, 1.165) is 5.56 Å². The number of aliphatic hydroxyl groups is 1. The van der Waals surface area contributed by atoms with E-state index in [1.54, 1.807) is 60.7 Å². The summed E-state index contributed by atoms with van der Waals surface area (Å²) in [5.74, 6) is -1.01. The summed E-state index contributed by atoms with van der Waals surface area (Å²) >= 11 is 0. The monoisotopic (exact) mass is 491 g/mol. The molecule has 0 spiro atoms. The van der Waals surface area contributed by atoms with Crippen LogP contribution in [0.1, 0.15) is 22.7 Å². The van der Waals surface area contributed by atoms with Gasteiger partial charge in [-0.25, -0.2) is 4.39 Å². The van der Waals surface area contributed by atoms with Crippen molar-refractivity contribution in [3.63, 3.8) is 0 Å². The topological polar surface area (TPSA) is 85.3 Å². The van der Waals surface area contributed by atoms with Gasteiger partial charge in [0.05, 0.1) is 25.3 Å². The highest BCUT2D eigenvalue weighted by molar-refractivity contribution is 6.46. The molecular weight excluding hydrogens is 465 g/mol. The van der Waals surface area contributed by atoms with Gasteiger partial charge in [0.25, 0.3) is 11.7 Å². The summed E-state index contributed by atoms with van der Waals surface area (Å²) in [4.78, 5) is 27.4. The Kier molecular flexibility index (Phi) is 7.65. The van der Waals surface area contributed by atoms with Gasteiger partial charge in [0.2, 0.25) is 0 Å². The Morgan fingerprint density at radius 2 is 1.69 bits per heavy atom. The highest BCUT2D eigenvalue weighted by Crippen LogP contribution is 2.40. The third-order valence-corrected chi connectivity index (χ3v) is 5.93. The third-order valence-electron chi connectivity index (χ3n) is 5.93. The lowest BCUT2D eigenvalue weighted by Crippen LogP contribution is -2.32. The van der Waals surface area contributed by atoms with Crippen LogP contribution in [-0.4, -0.2) is 49.1 Å². The highest BCUT2D eigenvalue weighted by atomic mass is 19.1. The van der Waals surface area contributed by atoms with Crippen LogP contribution in [0.5, 0.6) is 11.5 Å². The predicted octanol–water partition coefficient (Wildman–Crippen LogP) is 4.48. The molecule has 0 saturated carbocycles. The summed E-state index contributed by atoms with van der Waals surface area (Å²) in [5.41, 5.74) is 1.75. The second-order valence-corrected chi connectivity index (χ2v) is 8.20. The number of likely N-dealkylation sites (tertiary alicyclic amines) is 1. The maximum Gasteiger partial charge on any atom is 0.295 e. The van der Waals surface area contributed by atoms with Crippen molar-refractivity contribution in [3.8, 4) is 11.5 Å². The van der Waals surface area contributed by atoms with E-state index in [-0.39, 0.29) is 36.9 Å². The van der Waals surface area contributed by atoms with Gasteiger partial charge < -0.3 is 24.2 Å². The number of ether oxygens (including phenoxy) is 3. The molecule has 0 aliphatic carbocycles. The molecule has 1 aliphatic heterocycles. The molecule has 36 heavy (non-hydrogen) atoms. The molecule has 1 atom stereocenters. The minimum Gasteiger partial charge on any atom is -0.507 e. The molecule has 1 saturated heterocycles. The number of ketones is 1. The Hall–Kier alpha value is -4.17. The zero-order chi connectivity index (χ0) is 25.7. The summed E-state index contributed by atoms with van der Waals surface area (Å²) in [6.07, 6.45) is 0. The maximum atomic E-state index is 13.2. The van der Waals surface area contributed by atoms with Crippen molar-refractivity contribution in [1.82, 2.24) is 4.90 Å². The first-order valence-corrected chi connectivity index (χ1v) is 11.3. The number of halogens is 1. The van der Waals surface area contributed by atoms with Crippen molar-refractivity contribution in [2.24, 2.45) is 0 Å². The van der Waals surface area contributed by atoms with E-state index in [1.807, 2.05) is 0 Å². The number of Topliss-reactive ketones (excluding diaryl/α,β-unsaturated/α-hetero) is 1. The molecule has 4 rings (SSSR count). The summed E-state index contributed by atoms with van der Waals surface area (Å²) in [6, 6.07) is 18.7. The van der Waals surface area contributed by atoms with Gasteiger partial charge in [0, 0.05) is 19.2 Å². The average Bonchev–Trinajstić information content (AvgIpc) is 3.16. The number of rotatable bonds is 9. The first-order valence-electron chi connectivity index (χ1n) is 11.3. The Bertz CT molecular complexity index is 1270. The van der Waals surface area contributed by atoms with Crippen LogP contribution in [0, 0.1) is 5.82 Å². The van der Waals surface area contributed by atoms with Gasteiger partial charge >= 0.3 is 0 Å². The first-order chi connectivity index (χ1) is 17.4. The Morgan fingerprint density at radius 3 is 2.36 bits per heavy atom. The van der Waals surface area contributed by atoms with E-state index in [0.29, 0.717) is 22.6 Å². The molecule has 0 bridgehead atoms. The molecule has 0 aromatic heterocycles. The van der Waals surface area contributed by atoms with E-state index >= 15 is 0 Å². The fraction of sp³-hybridized carbons (Fsp3) is 0.214. The average molecular weight is 492 g/mol. The highest BCUT2D eigenvalue weighted by Gasteiger charge is 2.46. The van der Waals surface area contributed by atoms with Gasteiger partial charge in [-0.2, -0.15) is 0 Å². The number of nitrogens with zero attached hydrogens (tertiary/aromatic N) is 1. The van der Waals surface area contributed by atoms with Gasteiger partial charge in [0.1, 0.15) is 29.7 Å². The molecule has 1 fully saturated rings. The number of hydrogen-bond donors (Lipinski definition) is 1. The number of carbonyl (C=O) groups is 2. The number of amides is 1. The Morgan fingerprint density at radius 1 is 0.972 bits per heavy atom. The molecule has 1 unspecified atom stereocenters. The van der Waals surface area contributed by atoms with Crippen molar-refractivity contribution in [2.45, 2.75) is 12.6 Å². The summed E-state index contributed by atoms with van der Waals surface area (Å²) in [7, 11) is 3.04. The molecule has 3 aromatic rings. The van der Waals surface area contributed by atoms with E-state index in [2.05, 4.69) is 0 Å². The van der Waals surface area contributed by atoms with E-state index in [4.69, 9.17) is 14.2 Å². The third kappa shape index (κ3) is 5.23. The predicted molar refractivity (Wildman–Crippen MR) is 131 cm³/mol. The second-order valence-electron chi connectivity index (χ2n) is 8.20. The lowest BCUT2D eigenvalue weighted by molar-refractivity contribution is -0.140. The molecule has 1 heterocycles. The number of hydrogen-bond acceptors (Lipinski definition) is 6. The van der Waals surface area contributed by atoms with E-state index in [1.165, 1.54) is 31.3 Å². The molecule has 1 amide bonds. The van der Waals surface area contributed by atoms with Crippen LogP contribution >= 0.6 is 0 Å². The first kappa shape index (κ1) is 24.9. The summed E-state index contributed by atoms with van der Waals surface area (Å²) in [6.45, 7) is 0.581. The molecular formula is C28H26FNO6. The molecule has 7 nitrogen and oxygen atoms in total. The standard InChI is InChI=1S/C28H26FNO6/c1-34-15-14-30-25(20-4-3-5-23(16-20)36-17-18-6-10-21(29)11-7-18)24(27(32)28(30)33)26(31)19-8-12-22(35-2)13-9-19/h3-13,16,25,31H,14-15,17H2,1-2H3/b26-24-. The minimum absolute atomic E-state index is 0.0167.